The van der Waals surface area contributed by atoms with Crippen LogP contribution in [-0.4, -0.2) is 6.61 Å². The van der Waals surface area contributed by atoms with Crippen molar-refractivity contribution in [1.29, 1.82) is 0 Å². The normalized spacial score (nSPS) is 11.5. The Morgan fingerprint density at radius 1 is 1.00 bits per heavy atom. The van der Waals surface area contributed by atoms with E-state index in [0.717, 1.165) is 0 Å². The van der Waals surface area contributed by atoms with Crippen LogP contribution in [0.1, 0.15) is 33.3 Å². The second-order valence-corrected chi connectivity index (χ2v) is 6.90. The molecular weight excluding hydrogens is 316 g/mol. The van der Waals surface area contributed by atoms with Gasteiger partial charge in [-0.05, 0) is 42.2 Å². The standard InChI is InChI=1S/C21H22O4/c1-5-23-16-10-11-17-18(12-16)24-13-19(20(17)22)25-15-8-6-14(7-9-15)21(2,3)4/h6-13H,5H2,1-4H3. The summed E-state index contributed by atoms with van der Waals surface area (Å²) in [4.78, 5) is 12.6. The maximum Gasteiger partial charge on any atom is 0.235 e. The zero-order valence-corrected chi connectivity index (χ0v) is 15.0. The quantitative estimate of drug-likeness (QED) is 0.649. The van der Waals surface area contributed by atoms with Gasteiger partial charge in [-0.2, -0.15) is 0 Å². The van der Waals surface area contributed by atoms with Crippen molar-refractivity contribution in [1.82, 2.24) is 0 Å². The maximum absolute atomic E-state index is 12.6. The number of fused-ring (bicyclic) bond motifs is 1. The van der Waals surface area contributed by atoms with Crippen LogP contribution >= 0.6 is 0 Å². The number of benzene rings is 2. The molecule has 0 aliphatic rings. The third kappa shape index (κ3) is 3.68. The first-order valence-electron chi connectivity index (χ1n) is 8.35. The summed E-state index contributed by atoms with van der Waals surface area (Å²) >= 11 is 0. The van der Waals surface area contributed by atoms with E-state index >= 15 is 0 Å². The summed E-state index contributed by atoms with van der Waals surface area (Å²) in [6.07, 6.45) is 1.35. The van der Waals surface area contributed by atoms with Gasteiger partial charge < -0.3 is 13.9 Å². The minimum atomic E-state index is -0.204. The van der Waals surface area contributed by atoms with Gasteiger partial charge in [0.1, 0.15) is 23.3 Å². The first-order chi connectivity index (χ1) is 11.9. The largest absolute Gasteiger partial charge is 0.494 e. The molecule has 4 nitrogen and oxygen atoms in total. The molecule has 0 saturated heterocycles. The number of ether oxygens (including phenoxy) is 2. The van der Waals surface area contributed by atoms with Gasteiger partial charge in [0.2, 0.25) is 11.2 Å². The fourth-order valence-electron chi connectivity index (χ4n) is 2.57. The molecule has 0 amide bonds. The summed E-state index contributed by atoms with van der Waals surface area (Å²) in [5.41, 5.74) is 1.54. The van der Waals surface area contributed by atoms with Crippen molar-refractivity contribution in [3.63, 3.8) is 0 Å². The third-order valence-electron chi connectivity index (χ3n) is 3.97. The predicted octanol–water partition coefficient (Wildman–Crippen LogP) is 5.28. The van der Waals surface area contributed by atoms with Gasteiger partial charge in [0, 0.05) is 6.07 Å². The highest BCUT2D eigenvalue weighted by molar-refractivity contribution is 5.79. The third-order valence-corrected chi connectivity index (χ3v) is 3.97. The average Bonchev–Trinajstić information content (AvgIpc) is 2.57. The van der Waals surface area contributed by atoms with Crippen molar-refractivity contribution in [2.24, 2.45) is 0 Å². The van der Waals surface area contributed by atoms with Gasteiger partial charge in [-0.25, -0.2) is 0 Å². The van der Waals surface area contributed by atoms with Crippen molar-refractivity contribution in [2.45, 2.75) is 33.1 Å². The molecule has 2 aromatic carbocycles. The Morgan fingerprint density at radius 3 is 2.32 bits per heavy atom. The van der Waals surface area contributed by atoms with Gasteiger partial charge in [-0.1, -0.05) is 32.9 Å². The van der Waals surface area contributed by atoms with Crippen LogP contribution in [0, 0.1) is 0 Å². The highest BCUT2D eigenvalue weighted by Crippen LogP contribution is 2.27. The average molecular weight is 338 g/mol. The topological polar surface area (TPSA) is 48.7 Å². The summed E-state index contributed by atoms with van der Waals surface area (Å²) in [5, 5.41) is 0.465. The molecule has 1 aromatic heterocycles. The monoisotopic (exact) mass is 338 g/mol. The second-order valence-electron chi connectivity index (χ2n) is 6.90. The highest BCUT2D eigenvalue weighted by Gasteiger charge is 2.14. The molecule has 0 fully saturated rings. The van der Waals surface area contributed by atoms with E-state index in [9.17, 15) is 4.79 Å². The molecule has 130 valence electrons. The lowest BCUT2D eigenvalue weighted by molar-refractivity contribution is 0.340. The van der Waals surface area contributed by atoms with E-state index < -0.39 is 0 Å². The van der Waals surface area contributed by atoms with Gasteiger partial charge in [0.15, 0.2) is 0 Å². The molecule has 0 aliphatic heterocycles. The first kappa shape index (κ1) is 17.1. The molecule has 4 heteroatoms. The molecule has 0 aliphatic carbocycles. The van der Waals surface area contributed by atoms with Crippen LogP contribution in [0.15, 0.2) is 57.9 Å². The Morgan fingerprint density at radius 2 is 1.68 bits per heavy atom. The van der Waals surface area contributed by atoms with E-state index in [0.29, 0.717) is 29.1 Å². The van der Waals surface area contributed by atoms with Crippen LogP contribution in [0.5, 0.6) is 17.2 Å². The molecule has 0 radical (unpaired) electrons. The Hall–Kier alpha value is -2.75. The molecule has 1 heterocycles. The molecule has 0 N–H and O–H groups in total. The fraction of sp³-hybridized carbons (Fsp3) is 0.286. The minimum absolute atomic E-state index is 0.0682. The Balaban J connectivity index is 1.90. The van der Waals surface area contributed by atoms with E-state index in [2.05, 4.69) is 20.8 Å². The Kier molecular flexibility index (Phi) is 4.53. The van der Waals surface area contributed by atoms with E-state index in [-0.39, 0.29) is 16.6 Å². The molecule has 0 bridgehead atoms. The molecule has 0 saturated carbocycles. The van der Waals surface area contributed by atoms with Crippen LogP contribution in [0.3, 0.4) is 0 Å². The van der Waals surface area contributed by atoms with Crippen LogP contribution in [0.25, 0.3) is 11.0 Å². The van der Waals surface area contributed by atoms with E-state index in [4.69, 9.17) is 13.9 Å². The first-order valence-corrected chi connectivity index (χ1v) is 8.35. The van der Waals surface area contributed by atoms with Crippen LogP contribution in [-0.2, 0) is 5.41 Å². The van der Waals surface area contributed by atoms with Crippen molar-refractivity contribution >= 4 is 11.0 Å². The van der Waals surface area contributed by atoms with Gasteiger partial charge in [0.05, 0.1) is 12.0 Å². The van der Waals surface area contributed by atoms with Crippen molar-refractivity contribution in [2.75, 3.05) is 6.61 Å². The summed E-state index contributed by atoms with van der Waals surface area (Å²) in [6, 6.07) is 12.9. The van der Waals surface area contributed by atoms with Crippen molar-refractivity contribution in [3.8, 4) is 17.2 Å². The van der Waals surface area contributed by atoms with E-state index in [1.165, 1.54) is 11.8 Å². The lowest BCUT2D eigenvalue weighted by Gasteiger charge is -2.19. The zero-order valence-electron chi connectivity index (χ0n) is 15.0. The van der Waals surface area contributed by atoms with Crippen LogP contribution in [0.2, 0.25) is 0 Å². The van der Waals surface area contributed by atoms with E-state index in [1.807, 2.05) is 31.2 Å². The van der Waals surface area contributed by atoms with E-state index in [1.54, 1.807) is 18.2 Å². The second kappa shape index (κ2) is 6.63. The van der Waals surface area contributed by atoms with Crippen LogP contribution < -0.4 is 14.9 Å². The smallest absolute Gasteiger partial charge is 0.235 e. The molecular formula is C21H22O4. The van der Waals surface area contributed by atoms with Gasteiger partial charge in [-0.3, -0.25) is 4.79 Å². The van der Waals surface area contributed by atoms with Crippen molar-refractivity contribution in [3.05, 3.63) is 64.5 Å². The van der Waals surface area contributed by atoms with Gasteiger partial charge in [-0.15, -0.1) is 0 Å². The van der Waals surface area contributed by atoms with Gasteiger partial charge >= 0.3 is 0 Å². The Labute approximate surface area is 147 Å². The summed E-state index contributed by atoms with van der Waals surface area (Å²) in [6.45, 7) is 8.91. The highest BCUT2D eigenvalue weighted by atomic mass is 16.5. The minimum Gasteiger partial charge on any atom is -0.494 e. The molecule has 25 heavy (non-hydrogen) atoms. The summed E-state index contributed by atoms with van der Waals surface area (Å²) < 4.78 is 16.7. The molecule has 3 aromatic rings. The molecule has 0 spiro atoms. The Bertz CT molecular complexity index is 931. The molecule has 3 rings (SSSR count). The number of hydrogen-bond donors (Lipinski definition) is 0. The number of hydrogen-bond acceptors (Lipinski definition) is 4. The summed E-state index contributed by atoms with van der Waals surface area (Å²) in [7, 11) is 0. The molecule has 0 unspecified atom stereocenters. The lowest BCUT2D eigenvalue weighted by atomic mass is 9.87. The van der Waals surface area contributed by atoms with Crippen LogP contribution in [0.4, 0.5) is 0 Å². The fourth-order valence-corrected chi connectivity index (χ4v) is 2.57. The van der Waals surface area contributed by atoms with Crippen molar-refractivity contribution < 1.29 is 13.9 Å². The van der Waals surface area contributed by atoms with Gasteiger partial charge in [0.25, 0.3) is 0 Å². The SMILES string of the molecule is CCOc1ccc2c(=O)c(Oc3ccc(C(C)(C)C)cc3)coc2c1. The maximum atomic E-state index is 12.6. The lowest BCUT2D eigenvalue weighted by Crippen LogP contribution is -2.10. The predicted molar refractivity (Wildman–Crippen MR) is 98.9 cm³/mol. The number of rotatable bonds is 4. The molecule has 0 atom stereocenters. The zero-order chi connectivity index (χ0) is 18.0. The summed E-state index contributed by atoms with van der Waals surface area (Å²) in [5.74, 6) is 1.44.